The smallest absolute Gasteiger partial charge is 0.277 e. The first-order valence-corrected chi connectivity index (χ1v) is 5.37. The van der Waals surface area contributed by atoms with Crippen molar-refractivity contribution < 1.29 is 4.79 Å². The highest BCUT2D eigenvalue weighted by Crippen LogP contribution is 2.18. The maximum absolute atomic E-state index is 11.7. The van der Waals surface area contributed by atoms with Crippen LogP contribution in [0.1, 0.15) is 10.5 Å². The van der Waals surface area contributed by atoms with Gasteiger partial charge in [-0.25, -0.2) is 4.98 Å². The third kappa shape index (κ3) is 2.27. The second kappa shape index (κ2) is 4.44. The fourth-order valence-corrected chi connectivity index (χ4v) is 1.54. The van der Waals surface area contributed by atoms with Crippen LogP contribution in [-0.4, -0.2) is 20.7 Å². The highest BCUT2D eigenvalue weighted by molar-refractivity contribution is 9.10. The van der Waals surface area contributed by atoms with Crippen molar-refractivity contribution >= 4 is 27.7 Å². The van der Waals surface area contributed by atoms with Crippen LogP contribution in [0.2, 0.25) is 0 Å². The van der Waals surface area contributed by atoms with E-state index in [1.54, 1.807) is 42.3 Å². The third-order valence-electron chi connectivity index (χ3n) is 1.94. The monoisotopic (exact) mass is 280 g/mol. The van der Waals surface area contributed by atoms with Crippen molar-refractivity contribution in [3.8, 4) is 0 Å². The molecule has 0 saturated heterocycles. The molecule has 82 valence electrons. The summed E-state index contributed by atoms with van der Waals surface area (Å²) in [6, 6.07) is 5.23. The molecule has 0 aliphatic rings. The number of pyridine rings is 1. The highest BCUT2D eigenvalue weighted by Gasteiger charge is 2.10. The van der Waals surface area contributed by atoms with E-state index >= 15 is 0 Å². The van der Waals surface area contributed by atoms with E-state index in [9.17, 15) is 4.79 Å². The lowest BCUT2D eigenvalue weighted by Gasteiger charge is -2.03. The van der Waals surface area contributed by atoms with E-state index < -0.39 is 0 Å². The number of carbonyl (C=O) groups excluding carboxylic acids is 1. The van der Waals surface area contributed by atoms with Crippen molar-refractivity contribution in [3.05, 3.63) is 40.8 Å². The molecule has 2 aromatic rings. The summed E-state index contributed by atoms with van der Waals surface area (Å²) in [5.74, 6) is 0.207. The average Bonchev–Trinajstić information content (AvgIpc) is 2.68. The summed E-state index contributed by atoms with van der Waals surface area (Å²) in [6.07, 6.45) is 3.32. The standard InChI is InChI=1S/C10H9BrN4O/c1-15-6-4-8(14-15)10(16)13-9-7(11)3-2-5-12-9/h2-6H,1H3,(H,12,13,16). The van der Waals surface area contributed by atoms with E-state index in [1.165, 1.54) is 0 Å². The average molecular weight is 281 g/mol. The molecule has 0 saturated carbocycles. The van der Waals surface area contributed by atoms with Crippen molar-refractivity contribution in [2.24, 2.45) is 7.05 Å². The highest BCUT2D eigenvalue weighted by atomic mass is 79.9. The number of hydrogen-bond donors (Lipinski definition) is 1. The van der Waals surface area contributed by atoms with Crippen LogP contribution in [0.5, 0.6) is 0 Å². The van der Waals surface area contributed by atoms with E-state index in [-0.39, 0.29) is 5.91 Å². The van der Waals surface area contributed by atoms with Crippen molar-refractivity contribution in [3.63, 3.8) is 0 Å². The van der Waals surface area contributed by atoms with E-state index in [2.05, 4.69) is 31.3 Å². The van der Waals surface area contributed by atoms with Gasteiger partial charge in [0.1, 0.15) is 5.82 Å². The summed E-state index contributed by atoms with van der Waals surface area (Å²) < 4.78 is 2.31. The molecule has 0 aliphatic heterocycles. The quantitative estimate of drug-likeness (QED) is 0.913. The topological polar surface area (TPSA) is 59.8 Å². The Morgan fingerprint density at radius 3 is 2.94 bits per heavy atom. The number of nitrogens with one attached hydrogen (secondary N) is 1. The summed E-state index contributed by atoms with van der Waals surface area (Å²) in [5.41, 5.74) is 0.361. The van der Waals surface area contributed by atoms with Gasteiger partial charge in [-0.15, -0.1) is 0 Å². The van der Waals surface area contributed by atoms with Crippen molar-refractivity contribution in [2.75, 3.05) is 5.32 Å². The number of amides is 1. The van der Waals surface area contributed by atoms with Gasteiger partial charge in [0.25, 0.3) is 5.91 Å². The van der Waals surface area contributed by atoms with E-state index in [0.717, 1.165) is 4.47 Å². The van der Waals surface area contributed by atoms with Crippen LogP contribution >= 0.6 is 15.9 Å². The molecule has 0 atom stereocenters. The van der Waals surface area contributed by atoms with Gasteiger partial charge in [-0.1, -0.05) is 0 Å². The molecule has 0 radical (unpaired) electrons. The molecule has 0 aromatic carbocycles. The van der Waals surface area contributed by atoms with Crippen LogP contribution in [0.4, 0.5) is 5.82 Å². The first kappa shape index (κ1) is 10.8. The Balaban J connectivity index is 2.17. The van der Waals surface area contributed by atoms with Gasteiger partial charge in [-0.3, -0.25) is 9.48 Å². The molecule has 0 spiro atoms. The predicted molar refractivity (Wildman–Crippen MR) is 63.1 cm³/mol. The molecule has 0 unspecified atom stereocenters. The Hall–Kier alpha value is -1.69. The van der Waals surface area contributed by atoms with Crippen molar-refractivity contribution in [1.82, 2.24) is 14.8 Å². The molecule has 16 heavy (non-hydrogen) atoms. The largest absolute Gasteiger partial charge is 0.304 e. The van der Waals surface area contributed by atoms with E-state index in [1.807, 2.05) is 0 Å². The number of anilines is 1. The molecule has 0 bridgehead atoms. The molecule has 1 amide bonds. The Morgan fingerprint density at radius 2 is 2.31 bits per heavy atom. The molecule has 1 N–H and O–H groups in total. The van der Waals surface area contributed by atoms with Gasteiger partial charge in [0, 0.05) is 19.4 Å². The Morgan fingerprint density at radius 1 is 1.50 bits per heavy atom. The SMILES string of the molecule is Cn1ccc(C(=O)Nc2ncccc2Br)n1. The number of nitrogens with zero attached hydrogens (tertiary/aromatic N) is 3. The van der Waals surface area contributed by atoms with Gasteiger partial charge >= 0.3 is 0 Å². The molecule has 2 aromatic heterocycles. The summed E-state index contributed by atoms with van der Waals surface area (Å²) in [5, 5.41) is 6.67. The predicted octanol–water partition coefficient (Wildman–Crippen LogP) is 1.83. The second-order valence-corrected chi connectivity index (χ2v) is 4.02. The lowest BCUT2D eigenvalue weighted by atomic mass is 10.4. The summed E-state index contributed by atoms with van der Waals surface area (Å²) in [6.45, 7) is 0. The van der Waals surface area contributed by atoms with Gasteiger partial charge in [-0.2, -0.15) is 5.10 Å². The second-order valence-electron chi connectivity index (χ2n) is 3.16. The third-order valence-corrected chi connectivity index (χ3v) is 2.58. The molecule has 5 nitrogen and oxygen atoms in total. The molecule has 0 fully saturated rings. The number of halogens is 1. The molecular formula is C10H9BrN4O. The van der Waals surface area contributed by atoms with E-state index in [4.69, 9.17) is 0 Å². The zero-order valence-corrected chi connectivity index (χ0v) is 10.1. The minimum atomic E-state index is -0.278. The van der Waals surface area contributed by atoms with Crippen LogP contribution in [0.3, 0.4) is 0 Å². The normalized spacial score (nSPS) is 10.1. The van der Waals surface area contributed by atoms with Crippen LogP contribution in [-0.2, 0) is 7.05 Å². The fourth-order valence-electron chi connectivity index (χ4n) is 1.19. The van der Waals surface area contributed by atoms with Gasteiger partial charge < -0.3 is 5.32 Å². The van der Waals surface area contributed by atoms with Crippen molar-refractivity contribution in [2.45, 2.75) is 0 Å². The lowest BCUT2D eigenvalue weighted by molar-refractivity contribution is 0.102. The number of rotatable bonds is 2. The van der Waals surface area contributed by atoms with Gasteiger partial charge in [0.2, 0.25) is 0 Å². The zero-order valence-electron chi connectivity index (χ0n) is 8.51. The van der Waals surface area contributed by atoms with Crippen LogP contribution in [0, 0.1) is 0 Å². The minimum absolute atomic E-state index is 0.278. The van der Waals surface area contributed by atoms with Gasteiger partial charge in [0.15, 0.2) is 5.69 Å². The van der Waals surface area contributed by atoms with Crippen molar-refractivity contribution in [1.29, 1.82) is 0 Å². The minimum Gasteiger partial charge on any atom is -0.304 e. The van der Waals surface area contributed by atoms with E-state index in [0.29, 0.717) is 11.5 Å². The maximum Gasteiger partial charge on any atom is 0.277 e. The number of carbonyl (C=O) groups is 1. The van der Waals surface area contributed by atoms with Crippen LogP contribution < -0.4 is 5.32 Å². The van der Waals surface area contributed by atoms with Gasteiger partial charge in [-0.05, 0) is 34.1 Å². The molecule has 2 rings (SSSR count). The fraction of sp³-hybridized carbons (Fsp3) is 0.100. The van der Waals surface area contributed by atoms with Gasteiger partial charge in [0.05, 0.1) is 4.47 Å². The molecule has 2 heterocycles. The Bertz CT molecular complexity index is 523. The summed E-state index contributed by atoms with van der Waals surface area (Å²) in [4.78, 5) is 15.8. The lowest BCUT2D eigenvalue weighted by Crippen LogP contribution is -2.14. The zero-order chi connectivity index (χ0) is 11.5. The molecule has 6 heteroatoms. The number of aryl methyl sites for hydroxylation is 1. The maximum atomic E-state index is 11.7. The molecular weight excluding hydrogens is 272 g/mol. The Kier molecular flexibility index (Phi) is 3.00. The molecule has 0 aliphatic carbocycles. The first-order valence-electron chi connectivity index (χ1n) is 4.58. The summed E-state index contributed by atoms with van der Waals surface area (Å²) >= 11 is 3.30. The first-order chi connectivity index (χ1) is 7.66. The van der Waals surface area contributed by atoms with Crippen LogP contribution in [0.15, 0.2) is 35.1 Å². The number of hydrogen-bond acceptors (Lipinski definition) is 3. The van der Waals surface area contributed by atoms with Crippen LogP contribution in [0.25, 0.3) is 0 Å². The summed E-state index contributed by atoms with van der Waals surface area (Å²) in [7, 11) is 1.76. The Labute approximate surface area is 101 Å². The number of aromatic nitrogens is 3.